The smallest absolute Gasteiger partial charge is 0.410 e. The number of carbonyl (C=O) groups excluding carboxylic acids is 2. The fourth-order valence-electron chi connectivity index (χ4n) is 4.39. The minimum atomic E-state index is -0.458. The maximum Gasteiger partial charge on any atom is 0.410 e. The van der Waals surface area contributed by atoms with Crippen molar-refractivity contribution in [3.8, 4) is 0 Å². The van der Waals surface area contributed by atoms with E-state index in [1.807, 2.05) is 13.0 Å². The van der Waals surface area contributed by atoms with E-state index in [1.165, 1.54) is 0 Å². The Balaban J connectivity index is 1.06. The van der Waals surface area contributed by atoms with E-state index >= 15 is 0 Å². The molecule has 3 atom stereocenters. The molecule has 0 spiro atoms. The number of pyridine rings is 1. The lowest BCUT2D eigenvalue weighted by Crippen LogP contribution is -2.52. The van der Waals surface area contributed by atoms with Crippen LogP contribution >= 0.6 is 0 Å². The van der Waals surface area contributed by atoms with E-state index in [1.54, 1.807) is 23.4 Å². The number of nitrogens with one attached hydrogen (secondary N) is 1. The van der Waals surface area contributed by atoms with Crippen molar-refractivity contribution in [2.45, 2.75) is 18.9 Å². The summed E-state index contributed by atoms with van der Waals surface area (Å²) in [4.78, 5) is 30.3. The first-order valence-electron chi connectivity index (χ1n) is 9.70. The second-order valence-corrected chi connectivity index (χ2v) is 8.28. The van der Waals surface area contributed by atoms with Crippen LogP contribution in [0.3, 0.4) is 0 Å². The van der Waals surface area contributed by atoms with E-state index in [0.29, 0.717) is 48.9 Å². The first-order chi connectivity index (χ1) is 13.5. The van der Waals surface area contributed by atoms with Crippen LogP contribution in [-0.4, -0.2) is 60.3 Å². The Morgan fingerprint density at radius 3 is 2.82 bits per heavy atom. The number of aromatic nitrogens is 1. The van der Waals surface area contributed by atoms with Gasteiger partial charge in [-0.15, -0.1) is 0 Å². The predicted molar refractivity (Wildman–Crippen MR) is 98.7 cm³/mol. The zero-order chi connectivity index (χ0) is 19.3. The van der Waals surface area contributed by atoms with Crippen LogP contribution in [0.2, 0.25) is 0 Å². The summed E-state index contributed by atoms with van der Waals surface area (Å²) in [7, 11) is 0. The highest BCUT2D eigenvalue weighted by Gasteiger charge is 2.56. The van der Waals surface area contributed by atoms with Crippen molar-refractivity contribution in [2.75, 3.05) is 32.8 Å². The fraction of sp³-hybridized carbons (Fsp3) is 0.550. The Hall–Kier alpha value is -2.61. The van der Waals surface area contributed by atoms with Gasteiger partial charge in [0.25, 0.3) is 5.91 Å². The number of amides is 2. The molecule has 148 valence electrons. The number of hydrogen-bond acceptors (Lipinski definition) is 6. The van der Waals surface area contributed by atoms with Crippen molar-refractivity contribution in [1.82, 2.24) is 15.2 Å². The standard InChI is InChI=1S/C20H23N3O5/c1-20(10-26-11-20)28-19(25)23-8-14-13(15(14)9-23)3-5-22-18(24)16-6-12-2-4-21-7-17(12)27-16/h2,4,6-7,13-15H,3,5,8-11H2,1H3,(H,22,24)/t13-,14-,15+. The van der Waals surface area contributed by atoms with E-state index in [2.05, 4.69) is 10.3 Å². The van der Waals surface area contributed by atoms with Gasteiger partial charge in [0, 0.05) is 31.2 Å². The van der Waals surface area contributed by atoms with Gasteiger partial charge in [0.15, 0.2) is 16.9 Å². The summed E-state index contributed by atoms with van der Waals surface area (Å²) in [5.74, 6) is 1.70. The number of furan rings is 1. The second-order valence-electron chi connectivity index (χ2n) is 8.28. The van der Waals surface area contributed by atoms with Gasteiger partial charge in [-0.1, -0.05) is 0 Å². The first-order valence-corrected chi connectivity index (χ1v) is 9.70. The molecule has 1 aliphatic carbocycles. The van der Waals surface area contributed by atoms with Gasteiger partial charge in [-0.2, -0.15) is 0 Å². The molecule has 1 saturated carbocycles. The molecule has 1 N–H and O–H groups in total. The van der Waals surface area contributed by atoms with Crippen molar-refractivity contribution in [3.63, 3.8) is 0 Å². The minimum Gasteiger partial charge on any atom is -0.449 e. The molecule has 2 amide bonds. The molecule has 2 aromatic rings. The number of rotatable bonds is 5. The summed E-state index contributed by atoms with van der Waals surface area (Å²) in [6.45, 7) is 4.94. The second kappa shape index (κ2) is 6.48. The van der Waals surface area contributed by atoms with E-state index < -0.39 is 5.60 Å². The SMILES string of the molecule is CC1(OC(=O)N2C[C@@H]3[C@@H](CCNC(=O)c4cc5ccncc5o4)[C@@H]3C2)COC1. The summed E-state index contributed by atoms with van der Waals surface area (Å²) >= 11 is 0. The lowest BCUT2D eigenvalue weighted by Gasteiger charge is -2.38. The van der Waals surface area contributed by atoms with Crippen LogP contribution in [0.5, 0.6) is 0 Å². The monoisotopic (exact) mass is 385 g/mol. The third kappa shape index (κ3) is 3.11. The van der Waals surface area contributed by atoms with Crippen molar-refractivity contribution >= 4 is 23.0 Å². The molecule has 0 unspecified atom stereocenters. The summed E-state index contributed by atoms with van der Waals surface area (Å²) in [6.07, 6.45) is 3.96. The molecule has 28 heavy (non-hydrogen) atoms. The molecule has 2 aliphatic heterocycles. The third-order valence-corrected chi connectivity index (χ3v) is 6.09. The minimum absolute atomic E-state index is 0.205. The summed E-state index contributed by atoms with van der Waals surface area (Å²) in [6, 6.07) is 3.55. The number of likely N-dealkylation sites (tertiary alicyclic amines) is 1. The summed E-state index contributed by atoms with van der Waals surface area (Å²) in [5.41, 5.74) is 0.152. The van der Waals surface area contributed by atoms with Gasteiger partial charge in [0.1, 0.15) is 0 Å². The molecule has 5 rings (SSSR count). The van der Waals surface area contributed by atoms with Gasteiger partial charge in [0.05, 0.1) is 19.4 Å². The lowest BCUT2D eigenvalue weighted by molar-refractivity contribution is -0.171. The molecule has 2 aromatic heterocycles. The topological polar surface area (TPSA) is 93.9 Å². The van der Waals surface area contributed by atoms with Crippen LogP contribution in [0, 0.1) is 17.8 Å². The van der Waals surface area contributed by atoms with Gasteiger partial charge in [-0.25, -0.2) is 4.79 Å². The highest BCUT2D eigenvalue weighted by molar-refractivity contribution is 5.95. The summed E-state index contributed by atoms with van der Waals surface area (Å²) in [5, 5.41) is 3.80. The van der Waals surface area contributed by atoms with Crippen molar-refractivity contribution < 1.29 is 23.5 Å². The molecular formula is C20H23N3O5. The van der Waals surface area contributed by atoms with Gasteiger partial charge >= 0.3 is 6.09 Å². The molecule has 8 heteroatoms. The fourth-order valence-corrected chi connectivity index (χ4v) is 4.39. The molecule has 8 nitrogen and oxygen atoms in total. The first kappa shape index (κ1) is 17.5. The average Bonchev–Trinajstić information content (AvgIpc) is 3.05. The Kier molecular flexibility index (Phi) is 4.04. The number of carbonyl (C=O) groups is 2. The molecule has 2 saturated heterocycles. The molecular weight excluding hydrogens is 362 g/mol. The Bertz CT molecular complexity index is 876. The normalized spacial score (nSPS) is 27.2. The highest BCUT2D eigenvalue weighted by atomic mass is 16.6. The number of hydrogen-bond donors (Lipinski definition) is 1. The number of nitrogens with zero attached hydrogens (tertiary/aromatic N) is 2. The molecule has 0 bridgehead atoms. The third-order valence-electron chi connectivity index (χ3n) is 6.09. The maximum absolute atomic E-state index is 12.3. The molecule has 0 aromatic carbocycles. The van der Waals surface area contributed by atoms with Crippen LogP contribution in [-0.2, 0) is 9.47 Å². The lowest BCUT2D eigenvalue weighted by atomic mass is 10.1. The van der Waals surface area contributed by atoms with Crippen molar-refractivity contribution in [3.05, 3.63) is 30.3 Å². The van der Waals surface area contributed by atoms with Gasteiger partial charge < -0.3 is 24.1 Å². The molecule has 4 heterocycles. The predicted octanol–water partition coefficient (Wildman–Crippen LogP) is 2.05. The summed E-state index contributed by atoms with van der Waals surface area (Å²) < 4.78 is 16.2. The molecule has 3 aliphatic rings. The van der Waals surface area contributed by atoms with Crippen LogP contribution in [0.4, 0.5) is 4.79 Å². The van der Waals surface area contributed by atoms with Crippen LogP contribution in [0.25, 0.3) is 11.0 Å². The van der Waals surface area contributed by atoms with E-state index in [-0.39, 0.29) is 12.0 Å². The van der Waals surface area contributed by atoms with E-state index in [9.17, 15) is 9.59 Å². The maximum atomic E-state index is 12.3. The average molecular weight is 385 g/mol. The zero-order valence-corrected chi connectivity index (χ0v) is 15.7. The highest BCUT2D eigenvalue weighted by Crippen LogP contribution is 2.53. The van der Waals surface area contributed by atoms with Gasteiger partial charge in [-0.05, 0) is 43.2 Å². The van der Waals surface area contributed by atoms with Crippen LogP contribution in [0.15, 0.2) is 28.9 Å². The Morgan fingerprint density at radius 1 is 1.36 bits per heavy atom. The number of piperidine rings is 1. The van der Waals surface area contributed by atoms with Crippen molar-refractivity contribution in [2.24, 2.45) is 17.8 Å². The van der Waals surface area contributed by atoms with Crippen molar-refractivity contribution in [1.29, 1.82) is 0 Å². The van der Waals surface area contributed by atoms with E-state index in [4.69, 9.17) is 13.9 Å². The zero-order valence-electron chi connectivity index (χ0n) is 15.7. The van der Waals surface area contributed by atoms with E-state index in [0.717, 1.165) is 24.9 Å². The molecule has 3 fully saturated rings. The molecule has 0 radical (unpaired) electrons. The number of fused-ring (bicyclic) bond motifs is 2. The largest absolute Gasteiger partial charge is 0.449 e. The Labute approximate surface area is 162 Å². The quantitative estimate of drug-likeness (QED) is 0.847. The number of ether oxygens (including phenoxy) is 2. The Morgan fingerprint density at radius 2 is 2.14 bits per heavy atom. The van der Waals surface area contributed by atoms with Gasteiger partial charge in [0.2, 0.25) is 0 Å². The van der Waals surface area contributed by atoms with Crippen LogP contribution < -0.4 is 5.32 Å². The van der Waals surface area contributed by atoms with Gasteiger partial charge in [-0.3, -0.25) is 9.78 Å². The van der Waals surface area contributed by atoms with Crippen LogP contribution in [0.1, 0.15) is 23.9 Å².